The quantitative estimate of drug-likeness (QED) is 0.529. The summed E-state index contributed by atoms with van der Waals surface area (Å²) in [6, 6.07) is 0. The second-order valence-corrected chi connectivity index (χ2v) is 1.89. The van der Waals surface area contributed by atoms with Crippen molar-refractivity contribution >= 4 is 73.1 Å². The molecule has 0 aliphatic heterocycles. The number of hydrogen-bond donors (Lipinski definition) is 1. The average Bonchev–Trinajstić information content (AvgIpc) is 1.71. The van der Waals surface area contributed by atoms with Gasteiger partial charge < -0.3 is 57.5 Å². The molecular formula is C2H8B3F12KN-3. The minimum atomic E-state index is -6.00. The molecule has 0 aliphatic carbocycles. The second-order valence-electron chi connectivity index (χ2n) is 1.89. The van der Waals surface area contributed by atoms with Crippen LogP contribution >= 0.6 is 0 Å². The first-order valence-corrected chi connectivity index (χ1v) is 3.73. The maximum absolute atomic E-state index is 9.75. The zero-order valence-electron chi connectivity index (χ0n) is 8.55. The summed E-state index contributed by atoms with van der Waals surface area (Å²) in [4.78, 5) is 0. The van der Waals surface area contributed by atoms with Gasteiger partial charge in [-0.05, 0) is 6.54 Å². The molecule has 19 heavy (non-hydrogen) atoms. The van der Waals surface area contributed by atoms with Gasteiger partial charge in [0.1, 0.15) is 0 Å². The van der Waals surface area contributed by atoms with E-state index in [4.69, 9.17) is 5.73 Å². The van der Waals surface area contributed by atoms with Crippen LogP contribution in [0.25, 0.3) is 0 Å². The standard InChI is InChI=1S/C2H7N.3BF4.K.H/c1-2-3;3*2-1(3,4)5;;/h2-3H2,1H3;;;;;/q;3*-1;;. The zero-order valence-corrected chi connectivity index (χ0v) is 8.55. The first kappa shape index (κ1) is 32.1. The van der Waals surface area contributed by atoms with E-state index < -0.39 is 21.8 Å². The van der Waals surface area contributed by atoms with E-state index in [1.165, 1.54) is 0 Å². The molecule has 0 saturated heterocycles. The third-order valence-electron chi connectivity index (χ3n) is 0. The van der Waals surface area contributed by atoms with Crippen molar-refractivity contribution < 1.29 is 51.8 Å². The molecule has 0 aliphatic rings. The van der Waals surface area contributed by atoms with Crippen molar-refractivity contribution in [3.05, 3.63) is 0 Å². The fourth-order valence-electron chi connectivity index (χ4n) is 0. The van der Waals surface area contributed by atoms with Gasteiger partial charge in [0, 0.05) is 0 Å². The molecule has 2 N–H and O–H groups in total. The van der Waals surface area contributed by atoms with Crippen molar-refractivity contribution in [2.75, 3.05) is 6.54 Å². The summed E-state index contributed by atoms with van der Waals surface area (Å²) in [7, 11) is -18.0. The van der Waals surface area contributed by atoms with Gasteiger partial charge in [0.15, 0.2) is 0 Å². The van der Waals surface area contributed by atoms with Crippen molar-refractivity contribution in [3.8, 4) is 0 Å². The van der Waals surface area contributed by atoms with Crippen molar-refractivity contribution in [1.29, 1.82) is 0 Å². The summed E-state index contributed by atoms with van der Waals surface area (Å²) in [5.74, 6) is 0. The minimum absolute atomic E-state index is 0. The molecular weight excluding hydrogens is 338 g/mol. The van der Waals surface area contributed by atoms with E-state index in [1.807, 2.05) is 6.92 Å². The van der Waals surface area contributed by atoms with Crippen LogP contribution in [0.15, 0.2) is 0 Å². The van der Waals surface area contributed by atoms with Gasteiger partial charge in [0.25, 0.3) is 0 Å². The van der Waals surface area contributed by atoms with Crippen molar-refractivity contribution in [2.24, 2.45) is 5.73 Å². The summed E-state index contributed by atoms with van der Waals surface area (Å²) < 4.78 is 117. The molecule has 0 amide bonds. The molecule has 17 heteroatoms. The summed E-state index contributed by atoms with van der Waals surface area (Å²) >= 11 is 0. The Hall–Kier alpha value is 0.951. The van der Waals surface area contributed by atoms with Crippen LogP contribution in [0, 0.1) is 0 Å². The number of halogens is 12. The third kappa shape index (κ3) is 6020. The van der Waals surface area contributed by atoms with Gasteiger partial charge in [-0.15, -0.1) is 0 Å². The van der Waals surface area contributed by atoms with Crippen molar-refractivity contribution in [3.63, 3.8) is 0 Å². The number of nitrogens with two attached hydrogens (primary N) is 1. The Morgan fingerprint density at radius 2 is 0.579 bits per heavy atom. The molecule has 0 fully saturated rings. The van der Waals surface area contributed by atoms with E-state index in [1.54, 1.807) is 0 Å². The molecule has 0 aromatic heterocycles. The van der Waals surface area contributed by atoms with Crippen LogP contribution < -0.4 is 5.73 Å². The molecule has 0 unspecified atom stereocenters. The van der Waals surface area contributed by atoms with Crippen LogP contribution in [0.3, 0.4) is 0 Å². The fraction of sp³-hybridized carbons (Fsp3) is 1.00. The molecule has 118 valence electrons. The molecule has 1 nitrogen and oxygen atoms in total. The van der Waals surface area contributed by atoms with Crippen LogP contribution in [0.4, 0.5) is 51.8 Å². The Morgan fingerprint density at radius 1 is 0.579 bits per heavy atom. The molecule has 0 aromatic rings. The predicted molar refractivity (Wildman–Crippen MR) is 52.4 cm³/mol. The summed E-state index contributed by atoms with van der Waals surface area (Å²) in [5.41, 5.74) is 4.85. The average molecular weight is 346 g/mol. The fourth-order valence-corrected chi connectivity index (χ4v) is 0. The van der Waals surface area contributed by atoms with Crippen molar-refractivity contribution in [2.45, 2.75) is 6.92 Å². The predicted octanol–water partition coefficient (Wildman–Crippen LogP) is 3.22. The molecule has 0 bridgehead atoms. The SMILES string of the molecule is CCN.F[B-](F)(F)F.F[B-](F)(F)F.F[B-](F)(F)F.[KH]. The van der Waals surface area contributed by atoms with E-state index in [9.17, 15) is 51.8 Å². The molecule has 0 radical (unpaired) electrons. The van der Waals surface area contributed by atoms with Gasteiger partial charge in [0.2, 0.25) is 0 Å². The van der Waals surface area contributed by atoms with E-state index in [0.29, 0.717) is 0 Å². The Kier molecular flexibility index (Phi) is 25.9. The molecule has 0 rings (SSSR count). The van der Waals surface area contributed by atoms with Crippen LogP contribution in [-0.4, -0.2) is 79.7 Å². The first-order chi connectivity index (χ1) is 7.41. The van der Waals surface area contributed by atoms with Gasteiger partial charge in [-0.25, -0.2) is 0 Å². The van der Waals surface area contributed by atoms with Crippen LogP contribution in [0.2, 0.25) is 0 Å². The molecule has 0 heterocycles. The summed E-state index contributed by atoms with van der Waals surface area (Å²) in [6.45, 7) is 2.65. The Balaban J connectivity index is -0.0000000458. The van der Waals surface area contributed by atoms with Gasteiger partial charge in [-0.3, -0.25) is 0 Å². The van der Waals surface area contributed by atoms with Gasteiger partial charge in [-0.2, -0.15) is 0 Å². The van der Waals surface area contributed by atoms with E-state index in [0.717, 1.165) is 6.54 Å². The Labute approximate surface area is 143 Å². The monoisotopic (exact) mass is 346 g/mol. The second kappa shape index (κ2) is 15.3. The normalized spacial score (nSPS) is 10.4. The Morgan fingerprint density at radius 3 is 0.579 bits per heavy atom. The third-order valence-corrected chi connectivity index (χ3v) is 0. The van der Waals surface area contributed by atoms with Crippen LogP contribution in [0.1, 0.15) is 6.92 Å². The Bertz CT molecular complexity index is 117. The molecule has 0 aromatic carbocycles. The summed E-state index contributed by atoms with van der Waals surface area (Å²) in [5, 5.41) is 0. The van der Waals surface area contributed by atoms with E-state index in [2.05, 4.69) is 0 Å². The van der Waals surface area contributed by atoms with Gasteiger partial charge in [-0.1, -0.05) is 6.92 Å². The molecule has 0 spiro atoms. The van der Waals surface area contributed by atoms with E-state index in [-0.39, 0.29) is 51.4 Å². The van der Waals surface area contributed by atoms with Crippen LogP contribution in [0.5, 0.6) is 0 Å². The van der Waals surface area contributed by atoms with Crippen molar-refractivity contribution in [1.82, 2.24) is 0 Å². The van der Waals surface area contributed by atoms with Gasteiger partial charge >= 0.3 is 73.1 Å². The zero-order chi connectivity index (χ0) is 16.2. The van der Waals surface area contributed by atoms with E-state index >= 15 is 0 Å². The van der Waals surface area contributed by atoms with Crippen LogP contribution in [-0.2, 0) is 0 Å². The number of hydrogen-bond acceptors (Lipinski definition) is 1. The maximum atomic E-state index is 9.75. The number of rotatable bonds is 0. The van der Waals surface area contributed by atoms with Gasteiger partial charge in [0.05, 0.1) is 0 Å². The molecule has 0 atom stereocenters. The molecule has 0 saturated carbocycles. The topological polar surface area (TPSA) is 26.0 Å². The first-order valence-electron chi connectivity index (χ1n) is 3.73. The summed E-state index contributed by atoms with van der Waals surface area (Å²) in [6.07, 6.45) is 0.